The van der Waals surface area contributed by atoms with Crippen molar-refractivity contribution >= 4 is 11.7 Å². The predicted molar refractivity (Wildman–Crippen MR) is 80.7 cm³/mol. The van der Waals surface area contributed by atoms with Gasteiger partial charge in [0, 0.05) is 39.8 Å². The summed E-state index contributed by atoms with van der Waals surface area (Å²) in [5.41, 5.74) is 0.390. The fourth-order valence-electron chi connectivity index (χ4n) is 1.86. The Balaban J connectivity index is 2.37. The van der Waals surface area contributed by atoms with Crippen molar-refractivity contribution in [3.05, 3.63) is 29.8 Å². The lowest BCUT2D eigenvalue weighted by Gasteiger charge is -2.08. The fraction of sp³-hybridized carbons (Fsp3) is 0.429. The maximum atomic E-state index is 11.9. The SMILES string of the molecule is CCCc1nc(NC)cc(-n2ccc(C(=O)N(C)C)n2)n1. The molecular weight excluding hydrogens is 268 g/mol. The molecule has 0 aliphatic heterocycles. The first-order valence-corrected chi connectivity index (χ1v) is 6.88. The van der Waals surface area contributed by atoms with Crippen molar-refractivity contribution in [2.24, 2.45) is 0 Å². The molecule has 0 fully saturated rings. The molecule has 0 aromatic carbocycles. The smallest absolute Gasteiger partial charge is 0.273 e. The number of amides is 1. The number of hydrogen-bond donors (Lipinski definition) is 1. The molecule has 2 aromatic rings. The first-order chi connectivity index (χ1) is 10.0. The summed E-state index contributed by atoms with van der Waals surface area (Å²) in [4.78, 5) is 22.3. The van der Waals surface area contributed by atoms with E-state index in [0.29, 0.717) is 11.5 Å². The van der Waals surface area contributed by atoms with Crippen LogP contribution in [-0.4, -0.2) is 51.7 Å². The number of carbonyl (C=O) groups excluding carboxylic acids is 1. The van der Waals surface area contributed by atoms with Gasteiger partial charge in [-0.2, -0.15) is 5.10 Å². The van der Waals surface area contributed by atoms with E-state index >= 15 is 0 Å². The van der Waals surface area contributed by atoms with Gasteiger partial charge in [-0.25, -0.2) is 14.6 Å². The van der Waals surface area contributed by atoms with Gasteiger partial charge in [0.2, 0.25) is 0 Å². The minimum absolute atomic E-state index is 0.134. The Bertz CT molecular complexity index is 634. The Hall–Kier alpha value is -2.44. The number of aromatic nitrogens is 4. The Morgan fingerprint density at radius 1 is 1.38 bits per heavy atom. The molecule has 0 saturated carbocycles. The van der Waals surface area contributed by atoms with Crippen LogP contribution in [0.5, 0.6) is 0 Å². The Labute approximate surface area is 124 Å². The number of hydrogen-bond acceptors (Lipinski definition) is 5. The largest absolute Gasteiger partial charge is 0.373 e. The first-order valence-electron chi connectivity index (χ1n) is 6.88. The van der Waals surface area contributed by atoms with Crippen LogP contribution in [0.3, 0.4) is 0 Å². The van der Waals surface area contributed by atoms with E-state index in [2.05, 4.69) is 27.3 Å². The summed E-state index contributed by atoms with van der Waals surface area (Å²) in [5.74, 6) is 2.01. The zero-order chi connectivity index (χ0) is 15.4. The Kier molecular flexibility index (Phi) is 4.52. The zero-order valence-electron chi connectivity index (χ0n) is 12.8. The number of nitrogens with one attached hydrogen (secondary N) is 1. The average molecular weight is 288 g/mol. The van der Waals surface area contributed by atoms with Gasteiger partial charge in [-0.3, -0.25) is 4.79 Å². The Morgan fingerprint density at radius 3 is 2.76 bits per heavy atom. The van der Waals surface area contributed by atoms with E-state index in [1.807, 2.05) is 7.05 Å². The molecule has 7 heteroatoms. The van der Waals surface area contributed by atoms with Crippen molar-refractivity contribution in [3.63, 3.8) is 0 Å². The summed E-state index contributed by atoms with van der Waals surface area (Å²) in [5, 5.41) is 7.30. The quantitative estimate of drug-likeness (QED) is 0.899. The molecular formula is C14H20N6O. The standard InChI is InChI=1S/C14H20N6O/c1-5-6-11-16-12(15-2)9-13(17-11)20-8-7-10(18-20)14(21)19(3)4/h7-9H,5-6H2,1-4H3,(H,15,16,17). The number of aryl methyl sites for hydroxylation is 1. The molecule has 0 radical (unpaired) electrons. The minimum Gasteiger partial charge on any atom is -0.373 e. The summed E-state index contributed by atoms with van der Waals surface area (Å²) < 4.78 is 1.60. The summed E-state index contributed by atoms with van der Waals surface area (Å²) in [6, 6.07) is 3.49. The van der Waals surface area contributed by atoms with Crippen LogP contribution in [-0.2, 0) is 6.42 Å². The number of carbonyl (C=O) groups is 1. The van der Waals surface area contributed by atoms with Crippen molar-refractivity contribution in [2.75, 3.05) is 26.5 Å². The van der Waals surface area contributed by atoms with Gasteiger partial charge < -0.3 is 10.2 Å². The van der Waals surface area contributed by atoms with Crippen LogP contribution < -0.4 is 5.32 Å². The molecule has 2 heterocycles. The molecule has 0 unspecified atom stereocenters. The van der Waals surface area contributed by atoms with Gasteiger partial charge >= 0.3 is 0 Å². The second-order valence-corrected chi connectivity index (χ2v) is 4.87. The number of rotatable bonds is 5. The van der Waals surface area contributed by atoms with E-state index in [1.54, 1.807) is 37.1 Å². The highest BCUT2D eigenvalue weighted by molar-refractivity contribution is 5.91. The molecule has 0 atom stereocenters. The van der Waals surface area contributed by atoms with Crippen LogP contribution in [0.1, 0.15) is 29.7 Å². The third-order valence-electron chi connectivity index (χ3n) is 2.94. The zero-order valence-corrected chi connectivity index (χ0v) is 12.8. The lowest BCUT2D eigenvalue weighted by Crippen LogP contribution is -2.22. The van der Waals surface area contributed by atoms with Crippen molar-refractivity contribution < 1.29 is 4.79 Å². The van der Waals surface area contributed by atoms with Gasteiger partial charge in [-0.05, 0) is 12.5 Å². The van der Waals surface area contributed by atoms with E-state index in [0.717, 1.165) is 24.5 Å². The molecule has 2 rings (SSSR count). The van der Waals surface area contributed by atoms with Crippen LogP contribution in [0.4, 0.5) is 5.82 Å². The maximum absolute atomic E-state index is 11.9. The monoisotopic (exact) mass is 288 g/mol. The highest BCUT2D eigenvalue weighted by atomic mass is 16.2. The van der Waals surface area contributed by atoms with E-state index in [-0.39, 0.29) is 5.91 Å². The molecule has 0 aliphatic rings. The van der Waals surface area contributed by atoms with Crippen LogP contribution >= 0.6 is 0 Å². The molecule has 0 aliphatic carbocycles. The van der Waals surface area contributed by atoms with Crippen molar-refractivity contribution in [2.45, 2.75) is 19.8 Å². The minimum atomic E-state index is -0.134. The van der Waals surface area contributed by atoms with Crippen LogP contribution in [0.25, 0.3) is 5.82 Å². The molecule has 1 amide bonds. The topological polar surface area (TPSA) is 75.9 Å². The van der Waals surface area contributed by atoms with Gasteiger partial charge in [0.15, 0.2) is 11.5 Å². The maximum Gasteiger partial charge on any atom is 0.273 e. The molecule has 1 N–H and O–H groups in total. The second kappa shape index (κ2) is 6.34. The molecule has 0 spiro atoms. The third-order valence-corrected chi connectivity index (χ3v) is 2.94. The number of anilines is 1. The highest BCUT2D eigenvalue weighted by Gasteiger charge is 2.13. The van der Waals surface area contributed by atoms with E-state index < -0.39 is 0 Å². The third kappa shape index (κ3) is 3.36. The van der Waals surface area contributed by atoms with Gasteiger partial charge in [0.25, 0.3) is 5.91 Å². The van der Waals surface area contributed by atoms with Crippen LogP contribution in [0.2, 0.25) is 0 Å². The molecule has 0 saturated heterocycles. The fourth-order valence-corrected chi connectivity index (χ4v) is 1.86. The van der Waals surface area contributed by atoms with Gasteiger partial charge in [0.1, 0.15) is 11.6 Å². The van der Waals surface area contributed by atoms with Gasteiger partial charge in [0.05, 0.1) is 0 Å². The second-order valence-electron chi connectivity index (χ2n) is 4.87. The van der Waals surface area contributed by atoms with E-state index in [9.17, 15) is 4.79 Å². The van der Waals surface area contributed by atoms with Crippen molar-refractivity contribution in [3.8, 4) is 5.82 Å². The molecule has 112 valence electrons. The molecule has 21 heavy (non-hydrogen) atoms. The number of nitrogens with zero attached hydrogens (tertiary/aromatic N) is 5. The summed E-state index contributed by atoms with van der Waals surface area (Å²) in [6.07, 6.45) is 3.50. The van der Waals surface area contributed by atoms with Crippen molar-refractivity contribution in [1.82, 2.24) is 24.6 Å². The Morgan fingerprint density at radius 2 is 2.14 bits per heavy atom. The average Bonchev–Trinajstić information content (AvgIpc) is 2.96. The van der Waals surface area contributed by atoms with Crippen LogP contribution in [0.15, 0.2) is 18.3 Å². The molecule has 0 bridgehead atoms. The van der Waals surface area contributed by atoms with E-state index in [1.165, 1.54) is 4.90 Å². The van der Waals surface area contributed by atoms with E-state index in [4.69, 9.17) is 0 Å². The summed E-state index contributed by atoms with van der Waals surface area (Å²) in [7, 11) is 5.21. The summed E-state index contributed by atoms with van der Waals surface area (Å²) >= 11 is 0. The van der Waals surface area contributed by atoms with Gasteiger partial charge in [-0.1, -0.05) is 6.92 Å². The lowest BCUT2D eigenvalue weighted by atomic mass is 10.3. The first kappa shape index (κ1) is 15.0. The van der Waals surface area contributed by atoms with Crippen LogP contribution in [0, 0.1) is 0 Å². The lowest BCUT2D eigenvalue weighted by molar-refractivity contribution is 0.0821. The van der Waals surface area contributed by atoms with Gasteiger partial charge in [-0.15, -0.1) is 0 Å². The summed E-state index contributed by atoms with van der Waals surface area (Å²) in [6.45, 7) is 2.08. The molecule has 2 aromatic heterocycles. The normalized spacial score (nSPS) is 10.5. The molecule has 7 nitrogen and oxygen atoms in total. The highest BCUT2D eigenvalue weighted by Crippen LogP contribution is 2.12. The predicted octanol–water partition coefficient (Wildman–Crippen LogP) is 1.36. The van der Waals surface area contributed by atoms with Crippen molar-refractivity contribution in [1.29, 1.82) is 0 Å².